The second-order valence-electron chi connectivity index (χ2n) is 5.45. The first-order chi connectivity index (χ1) is 10.1. The molecule has 1 fully saturated rings. The summed E-state index contributed by atoms with van der Waals surface area (Å²) < 4.78 is 0. The molecule has 116 valence electrons. The fourth-order valence-corrected chi connectivity index (χ4v) is 2.94. The summed E-state index contributed by atoms with van der Waals surface area (Å²) in [5.41, 5.74) is 8.03. The van der Waals surface area contributed by atoms with Gasteiger partial charge < -0.3 is 20.9 Å². The minimum atomic E-state index is 0.0285. The summed E-state index contributed by atoms with van der Waals surface area (Å²) in [5.74, 6) is 0.621. The van der Waals surface area contributed by atoms with E-state index in [0.717, 1.165) is 24.1 Å². The smallest absolute Gasteiger partial charge is 0.174 e. The Labute approximate surface area is 124 Å². The summed E-state index contributed by atoms with van der Waals surface area (Å²) in [6.07, 6.45) is 4.46. The minimum absolute atomic E-state index is 0.0285. The number of aliphatic hydroxyl groups excluding tert-OH is 1. The zero-order chi connectivity index (χ0) is 15.4. The Morgan fingerprint density at radius 1 is 1.33 bits per heavy atom. The first kappa shape index (κ1) is 15.5. The van der Waals surface area contributed by atoms with Crippen LogP contribution in [0.4, 0.5) is 5.82 Å². The molecule has 0 aromatic carbocycles. The van der Waals surface area contributed by atoms with E-state index in [1.54, 1.807) is 0 Å². The monoisotopic (exact) mass is 293 g/mol. The zero-order valence-electron chi connectivity index (χ0n) is 12.6. The third kappa shape index (κ3) is 3.07. The maximum Gasteiger partial charge on any atom is 0.174 e. The van der Waals surface area contributed by atoms with Crippen molar-refractivity contribution < 1.29 is 10.3 Å². The molecule has 1 heterocycles. The summed E-state index contributed by atoms with van der Waals surface area (Å²) >= 11 is 0. The molecule has 0 spiro atoms. The molecule has 0 radical (unpaired) electrons. The van der Waals surface area contributed by atoms with E-state index in [0.29, 0.717) is 24.0 Å². The fourth-order valence-electron chi connectivity index (χ4n) is 2.94. The molecule has 1 aromatic rings. The molecule has 1 aliphatic carbocycles. The lowest BCUT2D eigenvalue weighted by Crippen LogP contribution is -2.38. The quantitative estimate of drug-likeness (QED) is 0.322. The molecule has 7 heteroatoms. The van der Waals surface area contributed by atoms with Gasteiger partial charge in [-0.2, -0.15) is 5.10 Å². The molecule has 1 aromatic heterocycles. The molecular weight excluding hydrogens is 270 g/mol. The Kier molecular flexibility index (Phi) is 4.95. The van der Waals surface area contributed by atoms with Crippen molar-refractivity contribution in [2.24, 2.45) is 10.9 Å². The van der Waals surface area contributed by atoms with Gasteiger partial charge in [0, 0.05) is 12.6 Å². The van der Waals surface area contributed by atoms with Crippen molar-refractivity contribution >= 4 is 11.7 Å². The summed E-state index contributed by atoms with van der Waals surface area (Å²) in [7, 11) is 0. The highest BCUT2D eigenvalue weighted by molar-refractivity contribution is 6.02. The normalized spacial score (nSPS) is 16.4. The largest absolute Gasteiger partial charge is 0.409 e. The standard InChI is InChI=1S/C14H23N5O2/c1-9-10(2)16-17-14(12(9)13(15)18-21)19(7-8-20)11-5-3-4-6-11/h11,20-21H,3-8H2,1-2H3,(H2,15,18). The number of oxime groups is 1. The molecule has 0 amide bonds. The first-order valence-electron chi connectivity index (χ1n) is 7.29. The molecule has 7 nitrogen and oxygen atoms in total. The van der Waals surface area contributed by atoms with Crippen molar-refractivity contribution in [2.45, 2.75) is 45.6 Å². The predicted molar refractivity (Wildman–Crippen MR) is 80.7 cm³/mol. The lowest BCUT2D eigenvalue weighted by Gasteiger charge is -2.31. The Balaban J connectivity index is 2.51. The van der Waals surface area contributed by atoms with Gasteiger partial charge in [0.1, 0.15) is 0 Å². The Morgan fingerprint density at radius 2 is 2.00 bits per heavy atom. The van der Waals surface area contributed by atoms with Gasteiger partial charge >= 0.3 is 0 Å². The van der Waals surface area contributed by atoms with Gasteiger partial charge in [-0.3, -0.25) is 0 Å². The van der Waals surface area contributed by atoms with Crippen LogP contribution in [0.3, 0.4) is 0 Å². The number of nitrogens with zero attached hydrogens (tertiary/aromatic N) is 4. The van der Waals surface area contributed by atoms with E-state index < -0.39 is 0 Å². The van der Waals surface area contributed by atoms with Crippen molar-refractivity contribution in [3.63, 3.8) is 0 Å². The van der Waals surface area contributed by atoms with Crippen molar-refractivity contribution in [3.05, 3.63) is 16.8 Å². The number of aromatic nitrogens is 2. The average molecular weight is 293 g/mol. The van der Waals surface area contributed by atoms with Crippen molar-refractivity contribution in [2.75, 3.05) is 18.1 Å². The number of nitrogens with two attached hydrogens (primary N) is 1. The number of aliphatic hydroxyl groups is 1. The first-order valence-corrected chi connectivity index (χ1v) is 7.29. The van der Waals surface area contributed by atoms with Crippen LogP contribution in [0.2, 0.25) is 0 Å². The van der Waals surface area contributed by atoms with Crippen LogP contribution in [0.25, 0.3) is 0 Å². The molecule has 2 rings (SSSR count). The van der Waals surface area contributed by atoms with Gasteiger partial charge in [-0.25, -0.2) is 0 Å². The molecule has 0 unspecified atom stereocenters. The van der Waals surface area contributed by atoms with Gasteiger partial charge in [-0.1, -0.05) is 18.0 Å². The van der Waals surface area contributed by atoms with Crippen LogP contribution in [0.1, 0.15) is 42.5 Å². The van der Waals surface area contributed by atoms with Gasteiger partial charge in [0.2, 0.25) is 0 Å². The van der Waals surface area contributed by atoms with Gasteiger partial charge in [0.05, 0.1) is 17.9 Å². The number of aryl methyl sites for hydroxylation is 1. The molecule has 0 aliphatic heterocycles. The van der Waals surface area contributed by atoms with Crippen LogP contribution in [-0.4, -0.2) is 45.5 Å². The van der Waals surface area contributed by atoms with Gasteiger partial charge in [-0.05, 0) is 32.3 Å². The number of amidine groups is 1. The molecule has 0 bridgehead atoms. The molecule has 0 atom stereocenters. The van der Waals surface area contributed by atoms with E-state index in [9.17, 15) is 5.11 Å². The SMILES string of the molecule is Cc1nnc(N(CCO)C2CCCC2)c(C(N)=NO)c1C. The molecule has 1 aliphatic rings. The lowest BCUT2D eigenvalue weighted by molar-refractivity contribution is 0.296. The van der Waals surface area contributed by atoms with E-state index >= 15 is 0 Å². The van der Waals surface area contributed by atoms with E-state index in [1.165, 1.54) is 12.8 Å². The molecule has 4 N–H and O–H groups in total. The van der Waals surface area contributed by atoms with Crippen LogP contribution in [-0.2, 0) is 0 Å². The lowest BCUT2D eigenvalue weighted by atomic mass is 10.1. The van der Waals surface area contributed by atoms with Crippen LogP contribution < -0.4 is 10.6 Å². The van der Waals surface area contributed by atoms with Crippen LogP contribution in [0.15, 0.2) is 5.16 Å². The highest BCUT2D eigenvalue weighted by atomic mass is 16.4. The number of hydrogen-bond donors (Lipinski definition) is 3. The van der Waals surface area contributed by atoms with Crippen molar-refractivity contribution in [1.82, 2.24) is 10.2 Å². The minimum Gasteiger partial charge on any atom is -0.409 e. The van der Waals surface area contributed by atoms with Gasteiger partial charge in [0.15, 0.2) is 11.7 Å². The maximum atomic E-state index is 9.37. The van der Waals surface area contributed by atoms with Gasteiger partial charge in [0.25, 0.3) is 0 Å². The van der Waals surface area contributed by atoms with Gasteiger partial charge in [-0.15, -0.1) is 5.10 Å². The summed E-state index contributed by atoms with van der Waals surface area (Å²) in [6, 6.07) is 0.318. The van der Waals surface area contributed by atoms with E-state index in [-0.39, 0.29) is 12.4 Å². The second kappa shape index (κ2) is 6.71. The number of hydrogen-bond acceptors (Lipinski definition) is 6. The summed E-state index contributed by atoms with van der Waals surface area (Å²) in [4.78, 5) is 2.04. The third-order valence-electron chi connectivity index (χ3n) is 4.18. The molecule has 21 heavy (non-hydrogen) atoms. The maximum absolute atomic E-state index is 9.37. The van der Waals surface area contributed by atoms with E-state index in [1.807, 2.05) is 18.7 Å². The van der Waals surface area contributed by atoms with Crippen molar-refractivity contribution in [1.29, 1.82) is 0 Å². The fraction of sp³-hybridized carbons (Fsp3) is 0.643. The van der Waals surface area contributed by atoms with Crippen LogP contribution in [0, 0.1) is 13.8 Å². The second-order valence-corrected chi connectivity index (χ2v) is 5.45. The predicted octanol–water partition coefficient (Wildman–Crippen LogP) is 0.929. The molecule has 1 saturated carbocycles. The highest BCUT2D eigenvalue weighted by Gasteiger charge is 2.28. The molecule has 0 saturated heterocycles. The third-order valence-corrected chi connectivity index (χ3v) is 4.18. The van der Waals surface area contributed by atoms with Crippen LogP contribution >= 0.6 is 0 Å². The molecular formula is C14H23N5O2. The van der Waals surface area contributed by atoms with E-state index in [4.69, 9.17) is 10.9 Å². The number of anilines is 1. The Morgan fingerprint density at radius 3 is 2.57 bits per heavy atom. The zero-order valence-corrected chi connectivity index (χ0v) is 12.6. The van der Waals surface area contributed by atoms with Crippen LogP contribution in [0.5, 0.6) is 0 Å². The Bertz CT molecular complexity index is 526. The topological polar surface area (TPSA) is 108 Å². The summed E-state index contributed by atoms with van der Waals surface area (Å²) in [5, 5.41) is 30.0. The van der Waals surface area contributed by atoms with E-state index in [2.05, 4.69) is 15.4 Å². The summed E-state index contributed by atoms with van der Waals surface area (Å²) in [6.45, 7) is 4.22. The number of rotatable bonds is 5. The Hall–Kier alpha value is -1.89. The highest BCUT2D eigenvalue weighted by Crippen LogP contribution is 2.30. The van der Waals surface area contributed by atoms with Crippen molar-refractivity contribution in [3.8, 4) is 0 Å². The average Bonchev–Trinajstić information content (AvgIpc) is 3.01.